The van der Waals surface area contributed by atoms with Crippen LogP contribution in [0.15, 0.2) is 35.2 Å². The van der Waals surface area contributed by atoms with Crippen LogP contribution in [-0.4, -0.2) is 38.5 Å². The van der Waals surface area contributed by atoms with Gasteiger partial charge in [-0.2, -0.15) is 0 Å². The number of carbonyl (C=O) groups excluding carboxylic acids is 1. The van der Waals surface area contributed by atoms with Crippen molar-refractivity contribution in [3.63, 3.8) is 0 Å². The van der Waals surface area contributed by atoms with E-state index in [0.717, 1.165) is 0 Å². The van der Waals surface area contributed by atoms with Crippen LogP contribution in [0.2, 0.25) is 0 Å². The maximum absolute atomic E-state index is 12.7. The van der Waals surface area contributed by atoms with E-state index >= 15 is 0 Å². The Hall–Kier alpha value is -1.24. The second-order valence-corrected chi connectivity index (χ2v) is 7.16. The maximum atomic E-state index is 12.7. The molecule has 2 unspecified atom stereocenters. The molecule has 2 aliphatic rings. The molecule has 3 rings (SSSR count). The number of rotatable bonds is 2. The van der Waals surface area contributed by atoms with Crippen LogP contribution in [0.25, 0.3) is 0 Å². The standard InChI is InChI=1S/C14H16O5S/c15-12-7-4-9-18-14(12)13(8-10-19-14)20(16,17)11-5-2-1-3-6-11/h1-3,5-6,13H,4,7-10H2. The molecule has 2 aliphatic heterocycles. The van der Waals surface area contributed by atoms with E-state index in [0.29, 0.717) is 19.4 Å². The summed E-state index contributed by atoms with van der Waals surface area (Å²) in [5.74, 6) is -1.85. The summed E-state index contributed by atoms with van der Waals surface area (Å²) >= 11 is 0. The SMILES string of the molecule is O=C1CCCOC12OCCC2S(=O)(=O)c1ccccc1. The van der Waals surface area contributed by atoms with E-state index in [-0.39, 0.29) is 23.7 Å². The number of ketones is 1. The Bertz CT molecular complexity index is 610. The average molecular weight is 296 g/mol. The molecule has 0 aliphatic carbocycles. The van der Waals surface area contributed by atoms with E-state index in [2.05, 4.69) is 0 Å². The molecule has 6 heteroatoms. The number of benzene rings is 1. The molecule has 0 aromatic heterocycles. The number of ether oxygens (including phenoxy) is 2. The maximum Gasteiger partial charge on any atom is 0.246 e. The first-order valence-electron chi connectivity index (χ1n) is 6.67. The Kier molecular flexibility index (Phi) is 3.40. The van der Waals surface area contributed by atoms with Gasteiger partial charge in [0.1, 0.15) is 5.25 Å². The van der Waals surface area contributed by atoms with Crippen molar-refractivity contribution in [3.8, 4) is 0 Å². The molecular weight excluding hydrogens is 280 g/mol. The lowest BCUT2D eigenvalue weighted by atomic mass is 10.0. The third-order valence-corrected chi connectivity index (χ3v) is 6.04. The molecule has 2 heterocycles. The summed E-state index contributed by atoms with van der Waals surface area (Å²) in [6.07, 6.45) is 1.20. The fraction of sp³-hybridized carbons (Fsp3) is 0.500. The van der Waals surface area contributed by atoms with Gasteiger partial charge in [0, 0.05) is 6.42 Å². The van der Waals surface area contributed by atoms with E-state index in [1.54, 1.807) is 18.2 Å². The van der Waals surface area contributed by atoms with E-state index in [1.165, 1.54) is 12.1 Å². The number of hydrogen-bond donors (Lipinski definition) is 0. The van der Waals surface area contributed by atoms with Gasteiger partial charge in [-0.25, -0.2) is 8.42 Å². The van der Waals surface area contributed by atoms with Gasteiger partial charge in [-0.3, -0.25) is 4.79 Å². The number of sulfone groups is 1. The molecule has 0 saturated carbocycles. The average Bonchev–Trinajstić information content (AvgIpc) is 2.89. The zero-order valence-electron chi connectivity index (χ0n) is 10.9. The Labute approximate surface area is 117 Å². The van der Waals surface area contributed by atoms with Gasteiger partial charge in [-0.05, 0) is 25.0 Å². The van der Waals surface area contributed by atoms with Gasteiger partial charge in [0.25, 0.3) is 0 Å². The van der Waals surface area contributed by atoms with Crippen molar-refractivity contribution < 1.29 is 22.7 Å². The van der Waals surface area contributed by atoms with Gasteiger partial charge < -0.3 is 9.47 Å². The van der Waals surface area contributed by atoms with Crippen LogP contribution in [0.3, 0.4) is 0 Å². The van der Waals surface area contributed by atoms with Crippen LogP contribution in [0.5, 0.6) is 0 Å². The van der Waals surface area contributed by atoms with E-state index < -0.39 is 20.9 Å². The van der Waals surface area contributed by atoms with Crippen LogP contribution < -0.4 is 0 Å². The predicted octanol–water partition coefficient (Wildman–Crippen LogP) is 1.33. The molecule has 1 spiro atoms. The zero-order valence-corrected chi connectivity index (χ0v) is 11.8. The summed E-state index contributed by atoms with van der Waals surface area (Å²) in [4.78, 5) is 12.4. The van der Waals surface area contributed by atoms with Gasteiger partial charge in [0.15, 0.2) is 15.6 Å². The Morgan fingerprint density at radius 2 is 1.80 bits per heavy atom. The molecule has 1 aromatic rings. The van der Waals surface area contributed by atoms with Gasteiger partial charge in [-0.1, -0.05) is 18.2 Å². The highest BCUT2D eigenvalue weighted by molar-refractivity contribution is 7.92. The quantitative estimate of drug-likeness (QED) is 0.823. The first-order chi connectivity index (χ1) is 9.57. The van der Waals surface area contributed by atoms with Gasteiger partial charge in [-0.15, -0.1) is 0 Å². The third-order valence-electron chi connectivity index (χ3n) is 3.82. The number of hydrogen-bond acceptors (Lipinski definition) is 5. The Morgan fingerprint density at radius 3 is 2.50 bits per heavy atom. The highest BCUT2D eigenvalue weighted by atomic mass is 32.2. The number of Topliss-reactive ketones (excluding diaryl/α,β-unsaturated/α-hetero) is 1. The molecule has 108 valence electrons. The fourth-order valence-electron chi connectivity index (χ4n) is 2.84. The topological polar surface area (TPSA) is 69.7 Å². The van der Waals surface area contributed by atoms with E-state index in [9.17, 15) is 13.2 Å². The van der Waals surface area contributed by atoms with E-state index in [1.807, 2.05) is 0 Å². The minimum Gasteiger partial charge on any atom is -0.343 e. The lowest BCUT2D eigenvalue weighted by Crippen LogP contribution is -2.54. The molecule has 0 N–H and O–H groups in total. The third kappa shape index (κ3) is 1.99. The van der Waals surface area contributed by atoms with Crippen molar-refractivity contribution in [2.24, 2.45) is 0 Å². The Balaban J connectivity index is 2.02. The predicted molar refractivity (Wildman–Crippen MR) is 70.9 cm³/mol. The first kappa shape index (κ1) is 13.7. The van der Waals surface area contributed by atoms with Crippen LogP contribution in [0.1, 0.15) is 19.3 Å². The first-order valence-corrected chi connectivity index (χ1v) is 8.22. The lowest BCUT2D eigenvalue weighted by molar-refractivity contribution is -0.217. The smallest absolute Gasteiger partial charge is 0.246 e. The molecule has 5 nitrogen and oxygen atoms in total. The summed E-state index contributed by atoms with van der Waals surface area (Å²) in [5, 5.41) is -0.954. The van der Waals surface area contributed by atoms with Crippen molar-refractivity contribution in [1.29, 1.82) is 0 Å². The second kappa shape index (κ2) is 4.95. The zero-order chi connectivity index (χ0) is 14.2. The highest BCUT2D eigenvalue weighted by Gasteiger charge is 2.58. The van der Waals surface area contributed by atoms with Crippen LogP contribution in [0, 0.1) is 0 Å². The monoisotopic (exact) mass is 296 g/mol. The van der Waals surface area contributed by atoms with Gasteiger partial charge in [0.2, 0.25) is 5.79 Å². The molecule has 1 aromatic carbocycles. The normalized spacial score (nSPS) is 30.8. The summed E-state index contributed by atoms with van der Waals surface area (Å²) in [5.41, 5.74) is 0. The summed E-state index contributed by atoms with van der Waals surface area (Å²) in [6, 6.07) is 8.16. The van der Waals surface area contributed by atoms with Crippen LogP contribution in [0.4, 0.5) is 0 Å². The lowest BCUT2D eigenvalue weighted by Gasteiger charge is -2.35. The van der Waals surface area contributed by atoms with Crippen molar-refractivity contribution >= 4 is 15.6 Å². The summed E-state index contributed by atoms with van der Waals surface area (Å²) in [7, 11) is -3.65. The molecular formula is C14H16O5S. The van der Waals surface area contributed by atoms with Crippen molar-refractivity contribution in [2.45, 2.75) is 35.2 Å². The van der Waals surface area contributed by atoms with E-state index in [4.69, 9.17) is 9.47 Å². The van der Waals surface area contributed by atoms with Gasteiger partial charge >= 0.3 is 0 Å². The molecule has 0 radical (unpaired) electrons. The highest BCUT2D eigenvalue weighted by Crippen LogP contribution is 2.39. The summed E-state index contributed by atoms with van der Waals surface area (Å²) < 4.78 is 36.5. The van der Waals surface area contributed by atoms with Crippen LogP contribution >= 0.6 is 0 Å². The summed E-state index contributed by atoms with van der Waals surface area (Å²) in [6.45, 7) is 0.578. The Morgan fingerprint density at radius 1 is 1.10 bits per heavy atom. The van der Waals surface area contributed by atoms with Crippen molar-refractivity contribution in [3.05, 3.63) is 30.3 Å². The second-order valence-electron chi connectivity index (χ2n) is 5.03. The largest absolute Gasteiger partial charge is 0.343 e. The molecule has 2 saturated heterocycles. The minimum atomic E-state index is -3.65. The van der Waals surface area contributed by atoms with Crippen molar-refractivity contribution in [2.75, 3.05) is 13.2 Å². The molecule has 2 atom stereocenters. The fourth-order valence-corrected chi connectivity index (χ4v) is 4.79. The molecule has 0 bridgehead atoms. The molecule has 2 fully saturated rings. The minimum absolute atomic E-state index is 0.205. The van der Waals surface area contributed by atoms with Gasteiger partial charge in [0.05, 0.1) is 18.1 Å². The molecule has 0 amide bonds. The van der Waals surface area contributed by atoms with Crippen LogP contribution in [-0.2, 0) is 24.1 Å². The number of carbonyl (C=O) groups is 1. The molecule has 20 heavy (non-hydrogen) atoms. The van der Waals surface area contributed by atoms with Crippen molar-refractivity contribution in [1.82, 2.24) is 0 Å².